The maximum absolute atomic E-state index is 10.1. The lowest BCUT2D eigenvalue weighted by atomic mass is 10.4. The van der Waals surface area contributed by atoms with E-state index >= 15 is 0 Å². The minimum atomic E-state index is -1.64. The smallest absolute Gasteiger partial charge is 0.502 e. The van der Waals surface area contributed by atoms with Gasteiger partial charge in [0, 0.05) is 6.61 Å². The van der Waals surface area contributed by atoms with Gasteiger partial charge in [-0.2, -0.15) is 0 Å². The normalized spacial score (nSPS) is 8.50. The van der Waals surface area contributed by atoms with Crippen molar-refractivity contribution < 1.29 is 24.0 Å². The van der Waals surface area contributed by atoms with Crippen LogP contribution in [0.1, 0.15) is 6.92 Å². The third-order valence-corrected chi connectivity index (χ3v) is 0.564. The molecule has 0 amide bonds. The Morgan fingerprint density at radius 1 is 1.60 bits per heavy atom. The number of hydrogen-bond donors (Lipinski definition) is 1. The lowest BCUT2D eigenvalue weighted by Gasteiger charge is -1.96. The van der Waals surface area contributed by atoms with E-state index in [1.165, 1.54) is 0 Å². The van der Waals surface area contributed by atoms with E-state index in [0.29, 0.717) is 14.3 Å². The van der Waals surface area contributed by atoms with Crippen molar-refractivity contribution in [2.24, 2.45) is 0 Å². The largest absolute Gasteiger partial charge is 0.574 e. The standard InChI is InChI=1S/C4H6BO5/c1-2-9-5-10-4(8)3(6)7/h2H2,1H3,(H,6,7). The zero-order valence-corrected chi connectivity index (χ0v) is 5.36. The molecule has 0 heterocycles. The summed E-state index contributed by atoms with van der Waals surface area (Å²) in [4.78, 5) is 19.8. The molecule has 0 aromatic carbocycles. The fraction of sp³-hybridized carbons (Fsp3) is 0.500. The molecule has 1 radical (unpaired) electrons. The van der Waals surface area contributed by atoms with E-state index in [1.54, 1.807) is 6.92 Å². The summed E-state index contributed by atoms with van der Waals surface area (Å²) >= 11 is 0. The lowest BCUT2D eigenvalue weighted by molar-refractivity contribution is -0.158. The van der Waals surface area contributed by atoms with E-state index in [4.69, 9.17) is 5.11 Å². The van der Waals surface area contributed by atoms with Crippen LogP contribution < -0.4 is 0 Å². The zero-order valence-electron chi connectivity index (χ0n) is 5.36. The van der Waals surface area contributed by atoms with Crippen molar-refractivity contribution in [2.45, 2.75) is 6.92 Å². The quantitative estimate of drug-likeness (QED) is 0.319. The van der Waals surface area contributed by atoms with Crippen LogP contribution in [0.4, 0.5) is 0 Å². The van der Waals surface area contributed by atoms with Crippen molar-refractivity contribution in [2.75, 3.05) is 6.61 Å². The Hall–Kier alpha value is -1.04. The summed E-state index contributed by atoms with van der Waals surface area (Å²) in [5.74, 6) is -3.00. The molecule has 0 saturated heterocycles. The number of carboxylic acid groups (broad SMARTS) is 1. The molecule has 0 aromatic heterocycles. The number of carbonyl (C=O) groups excluding carboxylic acids is 1. The Morgan fingerprint density at radius 3 is 2.60 bits per heavy atom. The first-order valence-electron chi connectivity index (χ1n) is 2.55. The van der Waals surface area contributed by atoms with E-state index in [1.807, 2.05) is 0 Å². The van der Waals surface area contributed by atoms with Gasteiger partial charge in [-0.1, -0.05) is 0 Å². The molecule has 0 saturated carbocycles. The van der Waals surface area contributed by atoms with Crippen molar-refractivity contribution in [3.05, 3.63) is 0 Å². The predicted molar refractivity (Wildman–Crippen MR) is 31.1 cm³/mol. The highest BCUT2D eigenvalue weighted by Crippen LogP contribution is 1.76. The molecule has 0 bridgehead atoms. The highest BCUT2D eigenvalue weighted by atomic mass is 16.6. The third kappa shape index (κ3) is 3.91. The van der Waals surface area contributed by atoms with Crippen LogP contribution in [0.5, 0.6) is 0 Å². The molecule has 6 heteroatoms. The van der Waals surface area contributed by atoms with E-state index < -0.39 is 11.9 Å². The summed E-state index contributed by atoms with van der Waals surface area (Å²) in [6.45, 7) is 2.00. The SMILES string of the molecule is CCO[B]OC(=O)C(=O)O. The second-order valence-electron chi connectivity index (χ2n) is 1.26. The molecule has 5 nitrogen and oxygen atoms in total. The average Bonchev–Trinajstić information content (AvgIpc) is 1.88. The molecule has 10 heavy (non-hydrogen) atoms. The highest BCUT2D eigenvalue weighted by molar-refractivity contribution is 6.36. The van der Waals surface area contributed by atoms with Crippen LogP contribution >= 0.6 is 0 Å². The summed E-state index contributed by atoms with van der Waals surface area (Å²) in [5.41, 5.74) is 0. The minimum Gasteiger partial charge on any atom is -0.502 e. The van der Waals surface area contributed by atoms with Crippen molar-refractivity contribution in [3.63, 3.8) is 0 Å². The van der Waals surface area contributed by atoms with Gasteiger partial charge < -0.3 is 14.4 Å². The maximum atomic E-state index is 10.1. The molecule has 0 aliphatic rings. The van der Waals surface area contributed by atoms with Crippen LogP contribution in [-0.4, -0.2) is 31.3 Å². The van der Waals surface area contributed by atoms with Gasteiger partial charge in [0.15, 0.2) is 0 Å². The van der Waals surface area contributed by atoms with Crippen LogP contribution in [0, 0.1) is 0 Å². The van der Waals surface area contributed by atoms with Gasteiger partial charge in [-0.25, -0.2) is 9.59 Å². The molecule has 0 atom stereocenters. The lowest BCUT2D eigenvalue weighted by Crippen LogP contribution is -2.19. The minimum absolute atomic E-state index is 0.326. The summed E-state index contributed by atoms with van der Waals surface area (Å²) in [6, 6.07) is 0. The maximum Gasteiger partial charge on any atom is 0.574 e. The molecular weight excluding hydrogens is 139 g/mol. The first-order chi connectivity index (χ1) is 4.68. The van der Waals surface area contributed by atoms with E-state index in [0.717, 1.165) is 0 Å². The van der Waals surface area contributed by atoms with Crippen LogP contribution in [0.2, 0.25) is 0 Å². The number of rotatable bonds is 3. The van der Waals surface area contributed by atoms with Crippen molar-refractivity contribution >= 4 is 19.6 Å². The molecule has 0 aliphatic heterocycles. The highest BCUT2D eigenvalue weighted by Gasteiger charge is 2.12. The molecule has 0 spiro atoms. The molecule has 1 N–H and O–H groups in total. The van der Waals surface area contributed by atoms with Crippen molar-refractivity contribution in [1.82, 2.24) is 0 Å². The summed E-state index contributed by atoms with van der Waals surface area (Å²) < 4.78 is 8.38. The summed E-state index contributed by atoms with van der Waals surface area (Å²) in [5, 5.41) is 7.93. The van der Waals surface area contributed by atoms with Gasteiger partial charge in [-0.05, 0) is 6.92 Å². The predicted octanol–water partition coefficient (Wildman–Crippen LogP) is -0.815. The number of carbonyl (C=O) groups is 2. The summed E-state index contributed by atoms with van der Waals surface area (Å²) in [6.07, 6.45) is 0. The van der Waals surface area contributed by atoms with Crippen LogP contribution in [0.15, 0.2) is 0 Å². The van der Waals surface area contributed by atoms with Crippen LogP contribution in [-0.2, 0) is 18.9 Å². The van der Waals surface area contributed by atoms with Gasteiger partial charge in [-0.15, -0.1) is 0 Å². The molecule has 0 rings (SSSR count). The fourth-order valence-electron chi connectivity index (χ4n) is 0.196. The van der Waals surface area contributed by atoms with Gasteiger partial charge in [-0.3, -0.25) is 0 Å². The average molecular weight is 145 g/mol. The number of hydrogen-bond acceptors (Lipinski definition) is 4. The molecule has 0 aliphatic carbocycles. The Balaban J connectivity index is 3.31. The van der Waals surface area contributed by atoms with Crippen LogP contribution in [0.25, 0.3) is 0 Å². The third-order valence-electron chi connectivity index (χ3n) is 0.564. The number of aliphatic carboxylic acids is 1. The molecule has 0 aromatic rings. The van der Waals surface area contributed by atoms with Crippen molar-refractivity contribution in [1.29, 1.82) is 0 Å². The Morgan fingerprint density at radius 2 is 2.20 bits per heavy atom. The Kier molecular flexibility index (Phi) is 4.31. The Labute approximate surface area is 58.2 Å². The van der Waals surface area contributed by atoms with E-state index in [2.05, 4.69) is 9.31 Å². The summed E-state index contributed by atoms with van der Waals surface area (Å²) in [7, 11) is 0.691. The van der Waals surface area contributed by atoms with Gasteiger partial charge in [0.1, 0.15) is 0 Å². The molecule has 0 fully saturated rings. The molecule has 0 unspecified atom stereocenters. The topological polar surface area (TPSA) is 72.8 Å². The van der Waals surface area contributed by atoms with Gasteiger partial charge in [0.25, 0.3) is 0 Å². The molecule has 55 valence electrons. The van der Waals surface area contributed by atoms with Gasteiger partial charge >= 0.3 is 19.6 Å². The van der Waals surface area contributed by atoms with Crippen molar-refractivity contribution in [3.8, 4) is 0 Å². The zero-order chi connectivity index (χ0) is 7.98. The second kappa shape index (κ2) is 4.81. The fourth-order valence-corrected chi connectivity index (χ4v) is 0.196. The first-order valence-corrected chi connectivity index (χ1v) is 2.55. The van der Waals surface area contributed by atoms with Gasteiger partial charge in [0.2, 0.25) is 0 Å². The monoisotopic (exact) mass is 145 g/mol. The van der Waals surface area contributed by atoms with E-state index in [9.17, 15) is 9.59 Å². The molecular formula is C4H6BO5. The number of carboxylic acids is 1. The van der Waals surface area contributed by atoms with E-state index in [-0.39, 0.29) is 0 Å². The second-order valence-corrected chi connectivity index (χ2v) is 1.26. The first kappa shape index (κ1) is 8.96. The van der Waals surface area contributed by atoms with Gasteiger partial charge in [0.05, 0.1) is 0 Å². The van der Waals surface area contributed by atoms with Crippen LogP contribution in [0.3, 0.4) is 0 Å². The Bertz CT molecular complexity index is 134.